The smallest absolute Gasteiger partial charge is 0.401 e. The molecule has 2 N–H and O–H groups in total. The molecule has 0 spiro atoms. The van der Waals surface area contributed by atoms with Crippen LogP contribution in [0.25, 0.3) is 11.3 Å². The van der Waals surface area contributed by atoms with Gasteiger partial charge in [-0.3, -0.25) is 4.79 Å². The molecule has 5 nitrogen and oxygen atoms in total. The number of rotatable bonds is 7. The average molecular weight is 432 g/mol. The van der Waals surface area contributed by atoms with E-state index >= 15 is 0 Å². The van der Waals surface area contributed by atoms with Crippen molar-refractivity contribution in [2.45, 2.75) is 19.7 Å². The second kappa shape index (κ2) is 9.81. The predicted molar refractivity (Wildman–Crippen MR) is 93.7 cm³/mol. The molecule has 1 aromatic carbocycles. The number of thiazole rings is 1. The number of benzene rings is 1. The molecule has 1 aromatic heterocycles. The Morgan fingerprint density at radius 1 is 1.26 bits per heavy atom. The molecule has 0 radical (unpaired) electrons. The molecular weight excluding hydrogens is 417 g/mol. The van der Waals surface area contributed by atoms with Crippen LogP contribution in [-0.2, 0) is 4.79 Å². The number of hydrogen-bond acceptors (Lipinski definition) is 5. The molecular formula is C15H15ClF5N3O2S. The van der Waals surface area contributed by atoms with Crippen molar-refractivity contribution in [2.75, 3.05) is 18.4 Å². The highest BCUT2D eigenvalue weighted by Crippen LogP contribution is 2.31. The second-order valence-electron chi connectivity index (χ2n) is 5.09. The Labute approximate surface area is 161 Å². The lowest BCUT2D eigenvalue weighted by molar-refractivity contribution is -0.127. The van der Waals surface area contributed by atoms with Gasteiger partial charge in [-0.15, -0.1) is 23.7 Å². The summed E-state index contributed by atoms with van der Waals surface area (Å²) in [7, 11) is 0. The molecule has 0 saturated carbocycles. The van der Waals surface area contributed by atoms with Crippen molar-refractivity contribution < 1.29 is 31.5 Å². The van der Waals surface area contributed by atoms with Gasteiger partial charge in [0.05, 0.1) is 18.8 Å². The van der Waals surface area contributed by atoms with Crippen LogP contribution in [0, 0.1) is 6.92 Å². The first-order valence-corrected chi connectivity index (χ1v) is 8.05. The molecule has 0 bridgehead atoms. The number of alkyl halides is 5. The van der Waals surface area contributed by atoms with E-state index in [9.17, 15) is 26.7 Å². The van der Waals surface area contributed by atoms with Gasteiger partial charge < -0.3 is 15.4 Å². The van der Waals surface area contributed by atoms with E-state index in [0.717, 1.165) is 16.2 Å². The first kappa shape index (κ1) is 23.1. The Kier molecular flexibility index (Phi) is 8.38. The first-order chi connectivity index (χ1) is 12.1. The maximum Gasteiger partial charge on any atom is 0.401 e. The lowest BCUT2D eigenvalue weighted by Crippen LogP contribution is -2.35. The third-order valence-corrected chi connectivity index (χ3v) is 3.89. The molecule has 27 heavy (non-hydrogen) atoms. The van der Waals surface area contributed by atoms with Gasteiger partial charge in [0, 0.05) is 10.4 Å². The molecule has 0 saturated heterocycles. The molecule has 0 atom stereocenters. The number of ether oxygens (including phenoxy) is 1. The molecule has 1 heterocycles. The third kappa shape index (κ3) is 7.65. The molecule has 0 unspecified atom stereocenters. The number of carbonyl (C=O) groups is 1. The van der Waals surface area contributed by atoms with Crippen LogP contribution in [-0.4, -0.2) is 36.8 Å². The van der Waals surface area contributed by atoms with Crippen LogP contribution in [0.3, 0.4) is 0 Å². The van der Waals surface area contributed by atoms with Crippen molar-refractivity contribution >= 4 is 34.8 Å². The number of hydrogen-bond donors (Lipinski definition) is 2. The predicted octanol–water partition coefficient (Wildman–Crippen LogP) is 4.23. The summed E-state index contributed by atoms with van der Waals surface area (Å²) in [6.07, 6.45) is -4.40. The van der Waals surface area contributed by atoms with Crippen LogP contribution in [0.5, 0.6) is 5.75 Å². The van der Waals surface area contributed by atoms with Crippen molar-refractivity contribution in [3.05, 3.63) is 29.1 Å². The number of aryl methyl sites for hydroxylation is 1. The zero-order valence-corrected chi connectivity index (χ0v) is 15.4. The van der Waals surface area contributed by atoms with Gasteiger partial charge in [0.25, 0.3) is 0 Å². The maximum atomic E-state index is 12.1. The van der Waals surface area contributed by atoms with E-state index in [4.69, 9.17) is 0 Å². The van der Waals surface area contributed by atoms with Gasteiger partial charge in [-0.1, -0.05) is 0 Å². The van der Waals surface area contributed by atoms with Crippen LogP contribution in [0.1, 0.15) is 4.88 Å². The second-order valence-corrected chi connectivity index (χ2v) is 6.30. The van der Waals surface area contributed by atoms with E-state index in [1.54, 1.807) is 6.92 Å². The van der Waals surface area contributed by atoms with E-state index < -0.39 is 31.8 Å². The summed E-state index contributed by atoms with van der Waals surface area (Å²) in [6.45, 7) is -2.95. The van der Waals surface area contributed by atoms with Crippen molar-refractivity contribution in [1.82, 2.24) is 10.3 Å². The number of anilines is 1. The van der Waals surface area contributed by atoms with Gasteiger partial charge in [0.15, 0.2) is 5.13 Å². The molecule has 150 valence electrons. The summed E-state index contributed by atoms with van der Waals surface area (Å²) in [6, 6.07) is 5.80. The number of aromatic nitrogens is 1. The Bertz CT molecular complexity index is 753. The first-order valence-electron chi connectivity index (χ1n) is 7.24. The lowest BCUT2D eigenvalue weighted by atomic mass is 10.1. The van der Waals surface area contributed by atoms with Crippen LogP contribution >= 0.6 is 23.7 Å². The van der Waals surface area contributed by atoms with Crippen LogP contribution in [0.15, 0.2) is 24.3 Å². The average Bonchev–Trinajstić information content (AvgIpc) is 2.86. The van der Waals surface area contributed by atoms with Crippen molar-refractivity contribution in [3.8, 4) is 17.0 Å². The minimum Gasteiger partial charge on any atom is -0.435 e. The molecule has 2 aromatic rings. The Balaban J connectivity index is 0.00000364. The van der Waals surface area contributed by atoms with E-state index in [0.29, 0.717) is 11.3 Å². The maximum absolute atomic E-state index is 12.1. The highest BCUT2D eigenvalue weighted by atomic mass is 35.5. The van der Waals surface area contributed by atoms with E-state index in [1.807, 2.05) is 5.32 Å². The van der Waals surface area contributed by atoms with Gasteiger partial charge in [0.2, 0.25) is 5.91 Å². The minimum absolute atomic E-state index is 0. The quantitative estimate of drug-likeness (QED) is 0.644. The standard InChI is InChI=1S/C15H14F5N3O2S.ClH/c1-8-12(9-2-4-10(5-3-9)25-13(16)17)23-14(26-8)22-11(24)6-21-7-15(18,19)20;/h2-5,13,21H,6-7H2,1H3,(H,22,23,24);1H. The van der Waals surface area contributed by atoms with Crippen LogP contribution in [0.4, 0.5) is 27.1 Å². The van der Waals surface area contributed by atoms with Crippen molar-refractivity contribution in [1.29, 1.82) is 0 Å². The molecule has 0 aliphatic heterocycles. The summed E-state index contributed by atoms with van der Waals surface area (Å²) in [5.74, 6) is -0.656. The van der Waals surface area contributed by atoms with Gasteiger partial charge in [0.1, 0.15) is 5.75 Å². The topological polar surface area (TPSA) is 63.2 Å². The number of nitrogens with zero attached hydrogens (tertiary/aromatic N) is 1. The summed E-state index contributed by atoms with van der Waals surface area (Å²) in [5, 5.41) is 4.62. The number of amides is 1. The highest BCUT2D eigenvalue weighted by Gasteiger charge is 2.26. The Morgan fingerprint density at radius 2 is 1.89 bits per heavy atom. The number of nitrogens with one attached hydrogen (secondary N) is 2. The number of halogens is 6. The SMILES string of the molecule is Cc1sc(NC(=O)CNCC(F)(F)F)nc1-c1ccc(OC(F)F)cc1.Cl. The fourth-order valence-corrected chi connectivity index (χ4v) is 2.85. The molecule has 0 aliphatic carbocycles. The molecule has 2 rings (SSSR count). The molecule has 12 heteroatoms. The molecule has 0 fully saturated rings. The van der Waals surface area contributed by atoms with Crippen molar-refractivity contribution in [3.63, 3.8) is 0 Å². The van der Waals surface area contributed by atoms with E-state index in [-0.39, 0.29) is 23.3 Å². The highest BCUT2D eigenvalue weighted by molar-refractivity contribution is 7.16. The Morgan fingerprint density at radius 3 is 2.44 bits per heavy atom. The number of carbonyl (C=O) groups excluding carboxylic acids is 1. The summed E-state index contributed by atoms with van der Waals surface area (Å²) in [4.78, 5) is 16.6. The third-order valence-electron chi connectivity index (χ3n) is 3.01. The minimum atomic E-state index is -4.40. The van der Waals surface area contributed by atoms with Gasteiger partial charge >= 0.3 is 12.8 Å². The van der Waals surface area contributed by atoms with E-state index in [1.165, 1.54) is 24.3 Å². The summed E-state index contributed by atoms with van der Waals surface area (Å²) < 4.78 is 64.6. The lowest BCUT2D eigenvalue weighted by Gasteiger charge is -2.07. The van der Waals surface area contributed by atoms with Crippen molar-refractivity contribution in [2.24, 2.45) is 0 Å². The van der Waals surface area contributed by atoms with Crippen LogP contribution < -0.4 is 15.4 Å². The largest absolute Gasteiger partial charge is 0.435 e. The molecule has 0 aliphatic rings. The van der Waals surface area contributed by atoms with Gasteiger partial charge in [-0.2, -0.15) is 22.0 Å². The zero-order chi connectivity index (χ0) is 19.3. The Hall–Kier alpha value is -1.98. The summed E-state index contributed by atoms with van der Waals surface area (Å²) >= 11 is 1.15. The fourth-order valence-electron chi connectivity index (χ4n) is 1.99. The van der Waals surface area contributed by atoms with Crippen LogP contribution in [0.2, 0.25) is 0 Å². The van der Waals surface area contributed by atoms with E-state index in [2.05, 4.69) is 15.0 Å². The fraction of sp³-hybridized carbons (Fsp3) is 0.333. The molecule has 1 amide bonds. The summed E-state index contributed by atoms with van der Waals surface area (Å²) in [5.41, 5.74) is 1.15. The zero-order valence-electron chi connectivity index (χ0n) is 13.8. The van der Waals surface area contributed by atoms with Gasteiger partial charge in [-0.25, -0.2) is 4.98 Å². The monoisotopic (exact) mass is 431 g/mol. The normalized spacial score (nSPS) is 11.2. The van der Waals surface area contributed by atoms with Gasteiger partial charge in [-0.05, 0) is 31.2 Å².